The first-order valence-corrected chi connectivity index (χ1v) is 15.0. The van der Waals surface area contributed by atoms with Gasteiger partial charge in [-0.1, -0.05) is 0 Å². The summed E-state index contributed by atoms with van der Waals surface area (Å²) < 4.78 is 39.6. The fraction of sp³-hybridized carbons (Fsp3) is 0.393. The van der Waals surface area contributed by atoms with Crippen molar-refractivity contribution in [2.45, 2.75) is 43.0 Å². The van der Waals surface area contributed by atoms with Crippen molar-refractivity contribution in [1.82, 2.24) is 34.6 Å². The Bertz CT molecular complexity index is 1620. The van der Waals surface area contributed by atoms with Gasteiger partial charge in [-0.05, 0) is 43.4 Å². The van der Waals surface area contributed by atoms with Crippen LogP contribution in [0.1, 0.15) is 23.2 Å². The highest BCUT2D eigenvalue weighted by atomic mass is 32.2. The van der Waals surface area contributed by atoms with Crippen molar-refractivity contribution in [1.29, 1.82) is 0 Å². The van der Waals surface area contributed by atoms with E-state index in [1.165, 1.54) is 39.4 Å². The minimum atomic E-state index is -3.07. The molecule has 6 rings (SSSR count). The average Bonchev–Trinajstić information content (AvgIpc) is 3.59. The molecule has 2 fully saturated rings. The lowest BCUT2D eigenvalue weighted by Gasteiger charge is -2.37. The fourth-order valence-corrected chi connectivity index (χ4v) is 5.63. The summed E-state index contributed by atoms with van der Waals surface area (Å²) in [5.74, 6) is -0.764. The molecular weight excluding hydrogens is 582 g/mol. The molecule has 226 valence electrons. The Hall–Kier alpha value is -4.08. The number of fused-ring (bicyclic) bond motifs is 1. The zero-order chi connectivity index (χ0) is 29.9. The lowest BCUT2D eigenvalue weighted by Crippen LogP contribution is -2.54. The number of carbonyl (C=O) groups excluding carboxylic acids is 2. The number of hydrogen-bond donors (Lipinski definition) is 2. The van der Waals surface area contributed by atoms with Gasteiger partial charge >= 0.3 is 6.61 Å². The number of alkyl halides is 2. The minimum absolute atomic E-state index is 0.0943. The molecule has 43 heavy (non-hydrogen) atoms. The molecule has 0 atom stereocenters. The second-order valence-electron chi connectivity index (χ2n) is 10.3. The molecule has 0 unspecified atom stereocenters. The lowest BCUT2D eigenvalue weighted by molar-refractivity contribution is -0.133. The molecule has 2 N–H and O–H groups in total. The van der Waals surface area contributed by atoms with Crippen LogP contribution in [0.5, 0.6) is 5.75 Å². The van der Waals surface area contributed by atoms with Crippen molar-refractivity contribution in [3.05, 3.63) is 54.6 Å². The van der Waals surface area contributed by atoms with Gasteiger partial charge in [-0.3, -0.25) is 14.3 Å². The molecule has 2 aliphatic rings. The van der Waals surface area contributed by atoms with Crippen LogP contribution in [-0.2, 0) is 16.1 Å². The first-order valence-electron chi connectivity index (χ1n) is 13.8. The Morgan fingerprint density at radius 3 is 2.74 bits per heavy atom. The number of thioether (sulfide) groups is 1. The van der Waals surface area contributed by atoms with E-state index >= 15 is 0 Å². The summed E-state index contributed by atoms with van der Waals surface area (Å²) in [7, 11) is 0. The second-order valence-corrected chi connectivity index (χ2v) is 11.2. The first kappa shape index (κ1) is 29.0. The molecule has 0 aliphatic carbocycles. The number of nitrogens with one attached hydrogen (secondary N) is 2. The number of piperidine rings is 1. The number of anilines is 1. The molecule has 15 heteroatoms. The van der Waals surface area contributed by atoms with E-state index in [0.717, 1.165) is 31.0 Å². The summed E-state index contributed by atoms with van der Waals surface area (Å²) in [5, 5.41) is 15.1. The molecule has 5 heterocycles. The normalized spacial score (nSPS) is 16.0. The summed E-state index contributed by atoms with van der Waals surface area (Å²) in [6.45, 7) is -0.519. The second kappa shape index (κ2) is 12.7. The van der Waals surface area contributed by atoms with Crippen molar-refractivity contribution >= 4 is 34.9 Å². The Labute approximate surface area is 249 Å². The number of carbonyl (C=O) groups is 2. The highest BCUT2D eigenvalue weighted by molar-refractivity contribution is 7.98. The number of rotatable bonds is 10. The van der Waals surface area contributed by atoms with E-state index in [1.54, 1.807) is 35.5 Å². The van der Waals surface area contributed by atoms with Gasteiger partial charge in [0.05, 0.1) is 31.1 Å². The fourth-order valence-electron chi connectivity index (χ4n) is 5.19. The summed E-state index contributed by atoms with van der Waals surface area (Å²) in [6, 6.07) is 7.16. The standard InChI is InChI=1S/C28H30F2N8O4S/c1-43-19-3-4-23(42-28(29)30)20(11-19)25-22(34-27(40)21-12-32-38-8-2-7-31-26(21)38)13-37(35-25)14-24(39)36-9-5-17(6-10-36)33-18-15-41-16-18/h2-4,7-8,11-13,17-18,28,33H,5-6,9-10,14-16H2,1H3,(H,34,40). The zero-order valence-electron chi connectivity index (χ0n) is 23.3. The zero-order valence-corrected chi connectivity index (χ0v) is 24.1. The SMILES string of the molecule is CSc1ccc(OC(F)F)c(-c2nn(CC(=O)N3CCC(NC4COC4)CC3)cc2NC(=O)c2cnn3cccnc23)c1. The Morgan fingerprint density at radius 2 is 2.02 bits per heavy atom. The molecule has 0 spiro atoms. The maximum atomic E-state index is 13.4. The third-order valence-electron chi connectivity index (χ3n) is 7.45. The van der Waals surface area contributed by atoms with Gasteiger partial charge in [0.2, 0.25) is 5.91 Å². The molecule has 2 aliphatic heterocycles. The molecule has 0 bridgehead atoms. The van der Waals surface area contributed by atoms with Crippen molar-refractivity contribution < 1.29 is 27.8 Å². The van der Waals surface area contributed by atoms with Gasteiger partial charge in [0.1, 0.15) is 23.6 Å². The van der Waals surface area contributed by atoms with Crippen LogP contribution >= 0.6 is 11.8 Å². The van der Waals surface area contributed by atoms with Crippen LogP contribution in [0.15, 0.2) is 53.9 Å². The lowest BCUT2D eigenvalue weighted by atomic mass is 10.0. The van der Waals surface area contributed by atoms with Gasteiger partial charge in [-0.15, -0.1) is 11.8 Å². The number of aromatic nitrogens is 5. The Balaban J connectivity index is 1.27. The van der Waals surface area contributed by atoms with Gasteiger partial charge in [0.15, 0.2) is 5.65 Å². The number of amides is 2. The molecule has 2 saturated heterocycles. The van der Waals surface area contributed by atoms with Crippen LogP contribution < -0.4 is 15.4 Å². The van der Waals surface area contributed by atoms with E-state index in [2.05, 4.69) is 25.8 Å². The first-order chi connectivity index (χ1) is 20.9. The largest absolute Gasteiger partial charge is 0.434 e. The third-order valence-corrected chi connectivity index (χ3v) is 8.17. The van der Waals surface area contributed by atoms with Crippen LogP contribution in [0.25, 0.3) is 16.9 Å². The molecule has 1 aromatic carbocycles. The van der Waals surface area contributed by atoms with E-state index in [1.807, 2.05) is 6.26 Å². The molecule has 0 saturated carbocycles. The summed E-state index contributed by atoms with van der Waals surface area (Å²) in [5.41, 5.74) is 1.21. The summed E-state index contributed by atoms with van der Waals surface area (Å²) in [6.07, 6.45) is 9.63. The number of likely N-dealkylation sites (tertiary alicyclic amines) is 1. The highest BCUT2D eigenvalue weighted by Crippen LogP contribution is 2.38. The molecule has 12 nitrogen and oxygen atoms in total. The predicted octanol–water partition coefficient (Wildman–Crippen LogP) is 3.15. The molecule has 0 radical (unpaired) electrons. The highest BCUT2D eigenvalue weighted by Gasteiger charge is 2.28. The smallest absolute Gasteiger partial charge is 0.387 e. The van der Waals surface area contributed by atoms with Crippen molar-refractivity contribution in [3.8, 4) is 17.0 Å². The number of halogens is 2. The number of ether oxygens (including phenoxy) is 2. The van der Waals surface area contributed by atoms with Crippen LogP contribution in [-0.4, -0.2) is 92.3 Å². The van der Waals surface area contributed by atoms with Crippen LogP contribution in [0.2, 0.25) is 0 Å². The van der Waals surface area contributed by atoms with E-state index in [4.69, 9.17) is 9.47 Å². The maximum absolute atomic E-state index is 13.4. The third kappa shape index (κ3) is 6.48. The average molecular weight is 613 g/mol. The molecular formula is C28H30F2N8O4S. The van der Waals surface area contributed by atoms with E-state index < -0.39 is 12.5 Å². The summed E-state index contributed by atoms with van der Waals surface area (Å²) in [4.78, 5) is 33.5. The summed E-state index contributed by atoms with van der Waals surface area (Å²) >= 11 is 1.41. The predicted molar refractivity (Wildman–Crippen MR) is 154 cm³/mol. The minimum Gasteiger partial charge on any atom is -0.434 e. The number of hydrogen-bond acceptors (Lipinski definition) is 9. The van der Waals surface area contributed by atoms with Gasteiger partial charge in [0, 0.05) is 48.2 Å². The molecule has 4 aromatic rings. The van der Waals surface area contributed by atoms with Crippen molar-refractivity contribution in [3.63, 3.8) is 0 Å². The van der Waals surface area contributed by atoms with Crippen molar-refractivity contribution in [2.75, 3.05) is 37.9 Å². The van der Waals surface area contributed by atoms with Gasteiger partial charge in [-0.25, -0.2) is 9.50 Å². The van der Waals surface area contributed by atoms with Crippen LogP contribution in [0.4, 0.5) is 14.5 Å². The van der Waals surface area contributed by atoms with Gasteiger partial charge < -0.3 is 25.0 Å². The monoisotopic (exact) mass is 612 g/mol. The van der Waals surface area contributed by atoms with Gasteiger partial charge in [0.25, 0.3) is 5.91 Å². The van der Waals surface area contributed by atoms with Gasteiger partial charge in [-0.2, -0.15) is 19.0 Å². The Morgan fingerprint density at radius 1 is 1.21 bits per heavy atom. The van der Waals surface area contributed by atoms with E-state index in [-0.39, 0.29) is 40.7 Å². The van der Waals surface area contributed by atoms with Crippen LogP contribution in [0.3, 0.4) is 0 Å². The topological polar surface area (TPSA) is 128 Å². The van der Waals surface area contributed by atoms with Crippen LogP contribution in [0, 0.1) is 0 Å². The molecule has 2 amide bonds. The quantitative estimate of drug-likeness (QED) is 0.260. The Kier molecular flexibility index (Phi) is 8.54. The molecule has 3 aromatic heterocycles. The number of nitrogens with zero attached hydrogens (tertiary/aromatic N) is 6. The van der Waals surface area contributed by atoms with Crippen molar-refractivity contribution in [2.24, 2.45) is 0 Å². The van der Waals surface area contributed by atoms with E-state index in [0.29, 0.717) is 30.8 Å². The van der Waals surface area contributed by atoms with E-state index in [9.17, 15) is 18.4 Å². The number of benzene rings is 1. The maximum Gasteiger partial charge on any atom is 0.387 e.